The molecular formula is C21H17Br2NO5S. The molecule has 0 aromatic heterocycles. The van der Waals surface area contributed by atoms with Crippen LogP contribution in [0, 0.1) is 23.7 Å². The minimum absolute atomic E-state index is 0.0518. The van der Waals surface area contributed by atoms with E-state index in [4.69, 9.17) is 4.18 Å². The summed E-state index contributed by atoms with van der Waals surface area (Å²) in [7, 11) is -3.96. The summed E-state index contributed by atoms with van der Waals surface area (Å²) in [6.07, 6.45) is 0.872. The van der Waals surface area contributed by atoms with Gasteiger partial charge in [0, 0.05) is 9.65 Å². The Hall–Kier alpha value is -1.71. The standard InChI is InChI=1S/C21H17Br2NO5S/c22-18-14-10-15(19(18)23)17-16(14)20(25)24(21(17)26)11-6-8-12(9-7-11)29-30(27,28)13-4-2-1-3-5-13/h1-9,14-19H,10H2/t14-,15+,16-,17-,18-,19+/m0/s1. The number of hydrogen-bond donors (Lipinski definition) is 0. The fraction of sp³-hybridized carbons (Fsp3) is 0.333. The summed E-state index contributed by atoms with van der Waals surface area (Å²) in [6, 6.07) is 13.9. The molecule has 2 bridgehead atoms. The van der Waals surface area contributed by atoms with Crippen molar-refractivity contribution in [3.05, 3.63) is 54.6 Å². The van der Waals surface area contributed by atoms with Crippen molar-refractivity contribution >= 4 is 59.5 Å². The molecule has 5 rings (SSSR count). The molecule has 2 amide bonds. The molecule has 2 aromatic carbocycles. The first-order chi connectivity index (χ1) is 14.3. The van der Waals surface area contributed by atoms with Crippen LogP contribution in [0.15, 0.2) is 59.5 Å². The van der Waals surface area contributed by atoms with Crippen molar-refractivity contribution in [1.82, 2.24) is 0 Å². The molecule has 2 aliphatic carbocycles. The zero-order chi connectivity index (χ0) is 21.2. The van der Waals surface area contributed by atoms with Gasteiger partial charge in [-0.2, -0.15) is 8.42 Å². The number of alkyl halides is 2. The number of anilines is 1. The summed E-state index contributed by atoms with van der Waals surface area (Å²) in [6.45, 7) is 0. The highest BCUT2D eigenvalue weighted by Gasteiger charge is 2.66. The highest BCUT2D eigenvalue weighted by Crippen LogP contribution is 2.60. The molecule has 30 heavy (non-hydrogen) atoms. The van der Waals surface area contributed by atoms with Crippen molar-refractivity contribution in [1.29, 1.82) is 0 Å². The summed E-state index contributed by atoms with van der Waals surface area (Å²) >= 11 is 7.35. The molecule has 2 saturated carbocycles. The lowest BCUT2D eigenvalue weighted by Gasteiger charge is -2.28. The van der Waals surface area contributed by atoms with E-state index in [0.717, 1.165) is 6.42 Å². The maximum atomic E-state index is 13.1. The van der Waals surface area contributed by atoms with Gasteiger partial charge in [0.25, 0.3) is 0 Å². The van der Waals surface area contributed by atoms with Crippen molar-refractivity contribution in [2.75, 3.05) is 4.90 Å². The van der Waals surface area contributed by atoms with Crippen molar-refractivity contribution in [2.24, 2.45) is 23.7 Å². The molecule has 0 radical (unpaired) electrons. The van der Waals surface area contributed by atoms with E-state index in [0.29, 0.717) is 5.69 Å². The summed E-state index contributed by atoms with van der Waals surface area (Å²) in [5.74, 6) is -0.541. The van der Waals surface area contributed by atoms with Crippen LogP contribution >= 0.6 is 31.9 Å². The van der Waals surface area contributed by atoms with Crippen LogP contribution < -0.4 is 9.08 Å². The largest absolute Gasteiger partial charge is 0.379 e. The molecule has 3 fully saturated rings. The Kier molecular flexibility index (Phi) is 4.83. The van der Waals surface area contributed by atoms with Gasteiger partial charge in [-0.3, -0.25) is 14.5 Å². The molecule has 2 aromatic rings. The van der Waals surface area contributed by atoms with Crippen molar-refractivity contribution in [3.63, 3.8) is 0 Å². The Morgan fingerprint density at radius 2 is 1.37 bits per heavy atom. The van der Waals surface area contributed by atoms with Crippen LogP contribution in [0.2, 0.25) is 0 Å². The minimum Gasteiger partial charge on any atom is -0.379 e. The van der Waals surface area contributed by atoms with Gasteiger partial charge in [0.1, 0.15) is 10.6 Å². The number of amides is 2. The molecule has 1 aliphatic heterocycles. The number of fused-ring (bicyclic) bond motifs is 5. The van der Waals surface area contributed by atoms with Crippen LogP contribution in [0.4, 0.5) is 5.69 Å². The second-order valence-corrected chi connectivity index (χ2v) is 11.5. The molecule has 0 unspecified atom stereocenters. The first-order valence-electron chi connectivity index (χ1n) is 9.55. The van der Waals surface area contributed by atoms with E-state index in [-0.39, 0.29) is 55.8 Å². The van der Waals surface area contributed by atoms with E-state index in [1.807, 2.05) is 0 Å². The van der Waals surface area contributed by atoms with Crippen LogP contribution in [0.3, 0.4) is 0 Å². The number of imide groups is 1. The second kappa shape index (κ2) is 7.17. The predicted molar refractivity (Wildman–Crippen MR) is 117 cm³/mol. The number of carbonyl (C=O) groups is 2. The normalized spacial score (nSPS) is 32.5. The van der Waals surface area contributed by atoms with Gasteiger partial charge in [-0.15, -0.1) is 0 Å². The molecule has 1 heterocycles. The minimum atomic E-state index is -3.96. The third kappa shape index (κ3) is 2.97. The van der Waals surface area contributed by atoms with Crippen LogP contribution in [0.1, 0.15) is 6.42 Å². The van der Waals surface area contributed by atoms with Gasteiger partial charge in [-0.05, 0) is 54.7 Å². The smallest absolute Gasteiger partial charge is 0.339 e. The zero-order valence-electron chi connectivity index (χ0n) is 15.5. The molecule has 1 saturated heterocycles. The molecule has 3 aliphatic rings. The second-order valence-electron chi connectivity index (χ2n) is 7.86. The molecule has 6 atom stereocenters. The van der Waals surface area contributed by atoms with E-state index in [2.05, 4.69) is 31.9 Å². The first-order valence-corrected chi connectivity index (χ1v) is 12.8. The van der Waals surface area contributed by atoms with Gasteiger partial charge in [0.05, 0.1) is 17.5 Å². The van der Waals surface area contributed by atoms with Gasteiger partial charge in [-0.25, -0.2) is 0 Å². The highest BCUT2D eigenvalue weighted by molar-refractivity contribution is 9.12. The number of halogens is 2. The number of carbonyl (C=O) groups excluding carboxylic acids is 2. The van der Waals surface area contributed by atoms with Gasteiger partial charge in [-0.1, -0.05) is 50.1 Å². The number of rotatable bonds is 4. The number of hydrogen-bond acceptors (Lipinski definition) is 5. The molecule has 0 spiro atoms. The Morgan fingerprint density at radius 1 is 0.833 bits per heavy atom. The molecular weight excluding hydrogens is 538 g/mol. The van der Waals surface area contributed by atoms with E-state index in [9.17, 15) is 18.0 Å². The Labute approximate surface area is 191 Å². The summed E-state index contributed by atoms with van der Waals surface area (Å²) in [5.41, 5.74) is 0.431. The quantitative estimate of drug-likeness (QED) is 0.327. The molecule has 6 nitrogen and oxygen atoms in total. The van der Waals surface area contributed by atoms with Crippen molar-refractivity contribution in [3.8, 4) is 5.75 Å². The highest BCUT2D eigenvalue weighted by atomic mass is 79.9. The fourth-order valence-corrected chi connectivity index (χ4v) is 7.84. The average molecular weight is 555 g/mol. The maximum absolute atomic E-state index is 13.1. The predicted octanol–water partition coefficient (Wildman–Crippen LogP) is 3.74. The average Bonchev–Trinajstić information content (AvgIpc) is 3.34. The summed E-state index contributed by atoms with van der Waals surface area (Å²) in [5, 5.41) is 0. The van der Waals surface area contributed by atoms with Crippen molar-refractivity contribution < 1.29 is 22.2 Å². The maximum Gasteiger partial charge on any atom is 0.339 e. The monoisotopic (exact) mass is 553 g/mol. The van der Waals surface area contributed by atoms with Crippen LogP contribution in [-0.4, -0.2) is 29.9 Å². The lowest BCUT2D eigenvalue weighted by atomic mass is 9.81. The third-order valence-corrected chi connectivity index (χ3v) is 10.8. The van der Waals surface area contributed by atoms with E-state index >= 15 is 0 Å². The summed E-state index contributed by atoms with van der Waals surface area (Å²) in [4.78, 5) is 27.8. The lowest BCUT2D eigenvalue weighted by molar-refractivity contribution is -0.123. The zero-order valence-corrected chi connectivity index (χ0v) is 19.5. The van der Waals surface area contributed by atoms with Gasteiger partial charge >= 0.3 is 10.1 Å². The Bertz CT molecular complexity index is 1090. The van der Waals surface area contributed by atoms with Gasteiger partial charge < -0.3 is 4.18 Å². The third-order valence-electron chi connectivity index (χ3n) is 6.32. The van der Waals surface area contributed by atoms with E-state index in [1.165, 1.54) is 29.2 Å². The number of nitrogens with zero attached hydrogens (tertiary/aromatic N) is 1. The van der Waals surface area contributed by atoms with E-state index < -0.39 is 10.1 Å². The van der Waals surface area contributed by atoms with Crippen LogP contribution in [0.5, 0.6) is 5.75 Å². The summed E-state index contributed by atoms with van der Waals surface area (Å²) < 4.78 is 29.9. The molecule has 0 N–H and O–H groups in total. The molecule has 156 valence electrons. The first kappa shape index (κ1) is 20.2. The SMILES string of the molecule is O=C1[C@H]2[C@@H]3C[C@@H]([C@@H](Br)[C@H]3Br)[C@@H]2C(=O)N1c1ccc(OS(=O)(=O)c2ccccc2)cc1. The van der Waals surface area contributed by atoms with Crippen LogP contribution in [-0.2, 0) is 19.7 Å². The topological polar surface area (TPSA) is 80.8 Å². The fourth-order valence-electron chi connectivity index (χ4n) is 5.02. The Balaban J connectivity index is 1.38. The lowest BCUT2D eigenvalue weighted by Crippen LogP contribution is -2.37. The molecule has 9 heteroatoms. The number of benzene rings is 2. The van der Waals surface area contributed by atoms with Crippen molar-refractivity contribution in [2.45, 2.75) is 21.0 Å². The van der Waals surface area contributed by atoms with Gasteiger partial charge in [0.15, 0.2) is 0 Å². The van der Waals surface area contributed by atoms with Gasteiger partial charge in [0.2, 0.25) is 11.8 Å². The Morgan fingerprint density at radius 3 is 1.90 bits per heavy atom. The van der Waals surface area contributed by atoms with Crippen LogP contribution in [0.25, 0.3) is 0 Å². The van der Waals surface area contributed by atoms with E-state index in [1.54, 1.807) is 30.3 Å².